The van der Waals surface area contributed by atoms with E-state index in [1.54, 1.807) is 18.8 Å². The van der Waals surface area contributed by atoms with Gasteiger partial charge in [0, 0.05) is 13.2 Å². The number of H-pyrrole nitrogens is 1. The average molecular weight is 340 g/mol. The summed E-state index contributed by atoms with van der Waals surface area (Å²) in [6.07, 6.45) is 3.60. The molecule has 1 amide bonds. The zero-order valence-corrected chi connectivity index (χ0v) is 14.4. The molecular weight excluding hydrogens is 320 g/mol. The quantitative estimate of drug-likeness (QED) is 0.745. The summed E-state index contributed by atoms with van der Waals surface area (Å²) >= 11 is 0. The van der Waals surface area contributed by atoms with Crippen molar-refractivity contribution in [1.29, 1.82) is 0 Å². The maximum absolute atomic E-state index is 12.6. The van der Waals surface area contributed by atoms with Gasteiger partial charge >= 0.3 is 0 Å². The largest absolute Gasteiger partial charge is 0.497 e. The average Bonchev–Trinajstić information content (AvgIpc) is 3.02. The Kier molecular flexibility index (Phi) is 4.56. The summed E-state index contributed by atoms with van der Waals surface area (Å²) < 4.78 is 6.71. The molecule has 0 saturated heterocycles. The summed E-state index contributed by atoms with van der Waals surface area (Å²) in [5, 5.41) is 7.36. The Hall–Kier alpha value is -3.09. The first-order valence-corrected chi connectivity index (χ1v) is 8.03. The number of nitrogens with zero attached hydrogens (tertiary/aromatic N) is 2. The molecule has 2 N–H and O–H groups in total. The molecule has 7 heteroatoms. The van der Waals surface area contributed by atoms with Crippen LogP contribution < -0.4 is 15.5 Å². The van der Waals surface area contributed by atoms with Crippen molar-refractivity contribution in [3.63, 3.8) is 0 Å². The molecule has 0 aliphatic carbocycles. The molecule has 3 rings (SSSR count). The molecule has 1 aromatic carbocycles. The van der Waals surface area contributed by atoms with Gasteiger partial charge in [-0.2, -0.15) is 5.10 Å². The van der Waals surface area contributed by atoms with E-state index in [1.165, 1.54) is 12.4 Å². The van der Waals surface area contributed by atoms with Crippen LogP contribution in [0.15, 0.2) is 41.5 Å². The molecule has 2 heterocycles. The van der Waals surface area contributed by atoms with Crippen molar-refractivity contribution in [3.8, 4) is 5.75 Å². The van der Waals surface area contributed by atoms with Gasteiger partial charge in [-0.1, -0.05) is 19.1 Å². The van der Waals surface area contributed by atoms with Gasteiger partial charge in [-0.25, -0.2) is 0 Å². The second-order valence-electron chi connectivity index (χ2n) is 5.77. The number of pyridine rings is 1. The van der Waals surface area contributed by atoms with E-state index in [0.717, 1.165) is 11.3 Å². The van der Waals surface area contributed by atoms with Crippen molar-refractivity contribution in [2.45, 2.75) is 19.4 Å². The number of amides is 1. The second-order valence-corrected chi connectivity index (χ2v) is 5.77. The van der Waals surface area contributed by atoms with Gasteiger partial charge in [0.05, 0.1) is 24.7 Å². The number of benzene rings is 1. The van der Waals surface area contributed by atoms with Crippen molar-refractivity contribution in [2.75, 3.05) is 7.11 Å². The molecule has 0 fully saturated rings. The molecule has 1 atom stereocenters. The molecule has 0 bridgehead atoms. The molecule has 130 valence electrons. The van der Waals surface area contributed by atoms with Gasteiger partial charge in [-0.05, 0) is 24.1 Å². The number of hydrogen-bond acceptors (Lipinski definition) is 4. The Labute approximate surface area is 144 Å². The summed E-state index contributed by atoms with van der Waals surface area (Å²) in [6, 6.07) is 7.31. The molecule has 1 unspecified atom stereocenters. The Balaban J connectivity index is 1.87. The van der Waals surface area contributed by atoms with Crippen molar-refractivity contribution in [1.82, 2.24) is 20.1 Å². The van der Waals surface area contributed by atoms with Crippen molar-refractivity contribution < 1.29 is 9.53 Å². The molecular formula is C18H20N4O3. The first kappa shape index (κ1) is 16.8. The molecule has 2 aromatic heterocycles. The Morgan fingerprint density at radius 1 is 1.36 bits per heavy atom. The predicted molar refractivity (Wildman–Crippen MR) is 94.8 cm³/mol. The number of hydrogen-bond donors (Lipinski definition) is 2. The van der Waals surface area contributed by atoms with Gasteiger partial charge in [-0.15, -0.1) is 0 Å². The number of aromatic amines is 1. The van der Waals surface area contributed by atoms with E-state index in [0.29, 0.717) is 17.5 Å². The molecule has 0 aliphatic rings. The molecule has 25 heavy (non-hydrogen) atoms. The lowest BCUT2D eigenvalue weighted by Crippen LogP contribution is -2.32. The lowest BCUT2D eigenvalue weighted by atomic mass is 10.0. The van der Waals surface area contributed by atoms with Crippen LogP contribution in [0.1, 0.15) is 35.3 Å². The van der Waals surface area contributed by atoms with Gasteiger partial charge in [0.15, 0.2) is 0 Å². The van der Waals surface area contributed by atoms with E-state index >= 15 is 0 Å². The van der Waals surface area contributed by atoms with Gasteiger partial charge < -0.3 is 15.0 Å². The Morgan fingerprint density at radius 2 is 2.08 bits per heavy atom. The minimum atomic E-state index is -0.408. The third-order valence-electron chi connectivity index (χ3n) is 4.26. The monoisotopic (exact) mass is 340 g/mol. The summed E-state index contributed by atoms with van der Waals surface area (Å²) in [6.45, 7) is 1.98. The molecule has 0 aliphatic heterocycles. The molecule has 7 nitrogen and oxygen atoms in total. The van der Waals surface area contributed by atoms with Crippen LogP contribution in [0.3, 0.4) is 0 Å². The first-order valence-electron chi connectivity index (χ1n) is 8.03. The van der Waals surface area contributed by atoms with Crippen LogP contribution in [-0.4, -0.2) is 27.8 Å². The number of rotatable bonds is 5. The topological polar surface area (TPSA) is 89.0 Å². The number of aryl methyl sites for hydroxylation is 1. The SMILES string of the molecule is CCC(NC(=O)c1c[nH]c2c(cnn2C)c1=O)c1ccc(OC)cc1. The summed E-state index contributed by atoms with van der Waals surface area (Å²) in [5.41, 5.74) is 1.29. The number of methoxy groups -OCH3 is 1. The fourth-order valence-corrected chi connectivity index (χ4v) is 2.79. The zero-order valence-electron chi connectivity index (χ0n) is 14.4. The highest BCUT2D eigenvalue weighted by Crippen LogP contribution is 2.20. The van der Waals surface area contributed by atoms with Gasteiger partial charge in [-0.3, -0.25) is 14.3 Å². The smallest absolute Gasteiger partial charge is 0.257 e. The Morgan fingerprint density at radius 3 is 2.72 bits per heavy atom. The third-order valence-corrected chi connectivity index (χ3v) is 4.26. The maximum Gasteiger partial charge on any atom is 0.257 e. The van der Waals surface area contributed by atoms with E-state index in [-0.39, 0.29) is 17.0 Å². The maximum atomic E-state index is 12.6. The highest BCUT2D eigenvalue weighted by molar-refractivity contribution is 5.96. The number of nitrogens with one attached hydrogen (secondary N) is 2. The zero-order chi connectivity index (χ0) is 18.0. The van der Waals surface area contributed by atoms with E-state index < -0.39 is 5.91 Å². The second kappa shape index (κ2) is 6.80. The number of aromatic nitrogens is 3. The van der Waals surface area contributed by atoms with E-state index in [9.17, 15) is 9.59 Å². The van der Waals surface area contributed by atoms with Crippen LogP contribution in [-0.2, 0) is 7.05 Å². The van der Waals surface area contributed by atoms with E-state index in [4.69, 9.17) is 4.74 Å². The van der Waals surface area contributed by atoms with Crippen LogP contribution in [0, 0.1) is 0 Å². The van der Waals surface area contributed by atoms with Crippen LogP contribution in [0.5, 0.6) is 5.75 Å². The van der Waals surface area contributed by atoms with Crippen molar-refractivity contribution in [3.05, 3.63) is 58.0 Å². The van der Waals surface area contributed by atoms with Gasteiger partial charge in [0.1, 0.15) is 17.0 Å². The molecule has 0 spiro atoms. The fraction of sp³-hybridized carbons (Fsp3) is 0.278. The highest BCUT2D eigenvalue weighted by Gasteiger charge is 2.18. The highest BCUT2D eigenvalue weighted by atomic mass is 16.5. The first-order chi connectivity index (χ1) is 12.0. The minimum absolute atomic E-state index is 0.0764. The minimum Gasteiger partial charge on any atom is -0.497 e. The van der Waals surface area contributed by atoms with Gasteiger partial charge in [0.2, 0.25) is 5.43 Å². The van der Waals surface area contributed by atoms with Crippen LogP contribution in [0.2, 0.25) is 0 Å². The lowest BCUT2D eigenvalue weighted by molar-refractivity contribution is 0.0934. The molecule has 0 saturated carbocycles. The predicted octanol–water partition coefficient (Wildman–Crippen LogP) is 2.15. The molecule has 0 radical (unpaired) electrons. The van der Waals surface area contributed by atoms with Crippen LogP contribution in [0.25, 0.3) is 11.0 Å². The number of carbonyl (C=O) groups is 1. The number of ether oxygens (including phenoxy) is 1. The van der Waals surface area contributed by atoms with Crippen LogP contribution >= 0.6 is 0 Å². The normalized spacial score (nSPS) is 12.1. The third kappa shape index (κ3) is 3.13. The van der Waals surface area contributed by atoms with Crippen LogP contribution in [0.4, 0.5) is 0 Å². The molecule has 3 aromatic rings. The lowest BCUT2D eigenvalue weighted by Gasteiger charge is -2.17. The summed E-state index contributed by atoms with van der Waals surface area (Å²) in [4.78, 5) is 28.1. The van der Waals surface area contributed by atoms with Crippen molar-refractivity contribution in [2.24, 2.45) is 7.05 Å². The van der Waals surface area contributed by atoms with Gasteiger partial charge in [0.25, 0.3) is 5.91 Å². The van der Waals surface area contributed by atoms with E-state index in [1.807, 2.05) is 31.2 Å². The van der Waals surface area contributed by atoms with E-state index in [2.05, 4.69) is 15.4 Å². The fourth-order valence-electron chi connectivity index (χ4n) is 2.79. The summed E-state index contributed by atoms with van der Waals surface area (Å²) in [7, 11) is 3.34. The summed E-state index contributed by atoms with van der Waals surface area (Å²) in [5.74, 6) is 0.345. The van der Waals surface area contributed by atoms with Crippen molar-refractivity contribution >= 4 is 16.9 Å². The number of carbonyl (C=O) groups excluding carboxylic acids is 1. The Bertz CT molecular complexity index is 957. The standard InChI is InChI=1S/C18H20N4O3/c1-4-15(11-5-7-12(25-3)8-6-11)21-18(24)14-9-19-17-13(16(14)23)10-20-22(17)2/h5-10,15H,4H2,1-3H3,(H,19,23)(H,21,24). The number of fused-ring (bicyclic) bond motifs is 1.